The van der Waals surface area contributed by atoms with Gasteiger partial charge in [-0.3, -0.25) is 0 Å². The molecular formula is C25H26ClNO2. The fourth-order valence-corrected chi connectivity index (χ4v) is 5.25. The van der Waals surface area contributed by atoms with Crippen LogP contribution >= 0.6 is 11.6 Å². The summed E-state index contributed by atoms with van der Waals surface area (Å²) in [4.78, 5) is 12.7. The number of anilines is 1. The molecule has 1 saturated carbocycles. The summed E-state index contributed by atoms with van der Waals surface area (Å²) in [5.41, 5.74) is 4.22. The smallest absolute Gasteiger partial charge is 0.338 e. The van der Waals surface area contributed by atoms with E-state index in [-0.39, 0.29) is 18.1 Å². The van der Waals surface area contributed by atoms with Crippen LogP contribution in [-0.4, -0.2) is 12.1 Å². The molecule has 0 aromatic heterocycles. The molecule has 0 saturated heterocycles. The van der Waals surface area contributed by atoms with Gasteiger partial charge in [0.25, 0.3) is 0 Å². The SMILES string of the molecule is O=C(OC1CCCCC1)c1ccc2c(c1)[C@H]1C=CC[C@H]1[C@@H](c1ccc(Cl)cc1)N2. The van der Waals surface area contributed by atoms with Gasteiger partial charge in [-0.15, -0.1) is 0 Å². The number of allylic oxidation sites excluding steroid dienone is 2. The first-order valence-electron chi connectivity index (χ1n) is 10.7. The van der Waals surface area contributed by atoms with Crippen LogP contribution in [0.1, 0.15) is 72.0 Å². The molecule has 2 aromatic rings. The second-order valence-corrected chi connectivity index (χ2v) is 8.93. The van der Waals surface area contributed by atoms with E-state index in [1.807, 2.05) is 30.3 Å². The lowest BCUT2D eigenvalue weighted by molar-refractivity contribution is 0.0211. The van der Waals surface area contributed by atoms with Crippen LogP contribution in [0.25, 0.3) is 0 Å². The Kier molecular flexibility index (Phi) is 5.09. The monoisotopic (exact) mass is 407 g/mol. The van der Waals surface area contributed by atoms with Crippen molar-refractivity contribution in [3.05, 3.63) is 76.3 Å². The quantitative estimate of drug-likeness (QED) is 0.456. The molecule has 2 aliphatic carbocycles. The molecule has 1 fully saturated rings. The summed E-state index contributed by atoms with van der Waals surface area (Å²) in [5.74, 6) is 0.570. The molecule has 2 aromatic carbocycles. The highest BCUT2D eigenvalue weighted by Crippen LogP contribution is 2.50. The minimum absolute atomic E-state index is 0.0822. The number of hydrogen-bond donors (Lipinski definition) is 1. The summed E-state index contributed by atoms with van der Waals surface area (Å²) in [7, 11) is 0. The van der Waals surface area contributed by atoms with Crippen molar-refractivity contribution in [2.24, 2.45) is 5.92 Å². The van der Waals surface area contributed by atoms with Crippen molar-refractivity contribution in [1.29, 1.82) is 0 Å². The summed E-state index contributed by atoms with van der Waals surface area (Å²) in [6.45, 7) is 0. The van der Waals surface area contributed by atoms with E-state index in [2.05, 4.69) is 29.6 Å². The third-order valence-corrected chi connectivity index (χ3v) is 6.91. The van der Waals surface area contributed by atoms with Crippen LogP contribution in [0.3, 0.4) is 0 Å². The van der Waals surface area contributed by atoms with Crippen LogP contribution in [-0.2, 0) is 4.74 Å². The summed E-state index contributed by atoms with van der Waals surface area (Å²) in [6, 6.07) is 14.3. The largest absolute Gasteiger partial charge is 0.459 e. The lowest BCUT2D eigenvalue weighted by Gasteiger charge is -2.37. The highest BCUT2D eigenvalue weighted by molar-refractivity contribution is 6.30. The van der Waals surface area contributed by atoms with Gasteiger partial charge in [0.15, 0.2) is 0 Å². The van der Waals surface area contributed by atoms with Crippen LogP contribution in [0.15, 0.2) is 54.6 Å². The molecule has 1 heterocycles. The molecule has 0 bridgehead atoms. The highest BCUT2D eigenvalue weighted by Gasteiger charge is 2.38. The standard InChI is InChI=1S/C25H26ClNO2/c26-18-12-9-16(10-13-18)24-21-8-4-7-20(21)22-15-17(11-14-23(22)27-24)25(28)29-19-5-2-1-3-6-19/h4,7,9-15,19-21,24,27H,1-3,5-6,8H2/t20-,21+,24+/m0/s1. The Morgan fingerprint density at radius 2 is 1.83 bits per heavy atom. The molecule has 1 aliphatic heterocycles. The fraction of sp³-hybridized carbons (Fsp3) is 0.400. The zero-order valence-corrected chi connectivity index (χ0v) is 17.2. The van der Waals surface area contributed by atoms with Crippen molar-refractivity contribution in [3.8, 4) is 0 Å². The number of halogens is 1. The first-order chi connectivity index (χ1) is 14.2. The summed E-state index contributed by atoms with van der Waals surface area (Å²) in [5, 5.41) is 4.47. The van der Waals surface area contributed by atoms with Gasteiger partial charge in [0.05, 0.1) is 11.6 Å². The molecule has 3 atom stereocenters. The van der Waals surface area contributed by atoms with Crippen molar-refractivity contribution in [2.75, 3.05) is 5.32 Å². The van der Waals surface area contributed by atoms with Gasteiger partial charge < -0.3 is 10.1 Å². The fourth-order valence-electron chi connectivity index (χ4n) is 5.12. The summed E-state index contributed by atoms with van der Waals surface area (Å²) >= 11 is 6.08. The molecule has 0 amide bonds. The minimum Gasteiger partial charge on any atom is -0.459 e. The van der Waals surface area contributed by atoms with Gasteiger partial charge >= 0.3 is 5.97 Å². The highest BCUT2D eigenvalue weighted by atomic mass is 35.5. The van der Waals surface area contributed by atoms with E-state index in [4.69, 9.17) is 16.3 Å². The average Bonchev–Trinajstić information content (AvgIpc) is 3.24. The molecule has 3 nitrogen and oxygen atoms in total. The second kappa shape index (κ2) is 7.87. The Morgan fingerprint density at radius 1 is 1.03 bits per heavy atom. The predicted molar refractivity (Wildman–Crippen MR) is 117 cm³/mol. The number of fused-ring (bicyclic) bond motifs is 3. The van der Waals surface area contributed by atoms with Gasteiger partial charge in [0.2, 0.25) is 0 Å². The van der Waals surface area contributed by atoms with Gasteiger partial charge in [-0.2, -0.15) is 0 Å². The van der Waals surface area contributed by atoms with Gasteiger partial charge in [-0.1, -0.05) is 42.3 Å². The maximum Gasteiger partial charge on any atom is 0.338 e. The van der Waals surface area contributed by atoms with E-state index in [1.54, 1.807) is 0 Å². The number of carbonyl (C=O) groups is 1. The number of nitrogens with one attached hydrogen (secondary N) is 1. The van der Waals surface area contributed by atoms with Crippen molar-refractivity contribution in [2.45, 2.75) is 56.6 Å². The van der Waals surface area contributed by atoms with E-state index < -0.39 is 0 Å². The molecule has 3 aliphatic rings. The zero-order chi connectivity index (χ0) is 19.8. The van der Waals surface area contributed by atoms with Crippen molar-refractivity contribution in [3.63, 3.8) is 0 Å². The number of rotatable bonds is 3. The van der Waals surface area contributed by atoms with E-state index in [0.29, 0.717) is 17.4 Å². The van der Waals surface area contributed by atoms with Crippen molar-refractivity contribution in [1.82, 2.24) is 0 Å². The second-order valence-electron chi connectivity index (χ2n) is 8.49. The zero-order valence-electron chi connectivity index (χ0n) is 16.4. The number of carbonyl (C=O) groups excluding carboxylic acids is 1. The van der Waals surface area contributed by atoms with Gasteiger partial charge in [0.1, 0.15) is 6.10 Å². The molecule has 5 rings (SSSR count). The predicted octanol–water partition coefficient (Wildman–Crippen LogP) is 6.66. The summed E-state index contributed by atoms with van der Waals surface area (Å²) < 4.78 is 5.79. The Bertz CT molecular complexity index is 930. The Hall–Kier alpha value is -2.26. The van der Waals surface area contributed by atoms with Crippen LogP contribution < -0.4 is 5.32 Å². The molecular weight excluding hydrogens is 382 g/mol. The van der Waals surface area contributed by atoms with Gasteiger partial charge in [-0.05, 0) is 79.5 Å². The van der Waals surface area contributed by atoms with Crippen molar-refractivity contribution >= 4 is 23.3 Å². The number of hydrogen-bond acceptors (Lipinski definition) is 3. The van der Waals surface area contributed by atoms with Crippen molar-refractivity contribution < 1.29 is 9.53 Å². The first-order valence-corrected chi connectivity index (χ1v) is 11.1. The maximum atomic E-state index is 12.7. The van der Waals surface area contributed by atoms with Crippen LogP contribution in [0.4, 0.5) is 5.69 Å². The van der Waals surface area contributed by atoms with E-state index in [0.717, 1.165) is 42.8 Å². The Morgan fingerprint density at radius 3 is 2.62 bits per heavy atom. The molecule has 29 heavy (non-hydrogen) atoms. The maximum absolute atomic E-state index is 12.7. The normalized spacial score (nSPS) is 25.8. The van der Waals surface area contributed by atoms with Gasteiger partial charge in [-0.25, -0.2) is 4.79 Å². The van der Waals surface area contributed by atoms with Gasteiger partial charge in [0, 0.05) is 16.6 Å². The van der Waals surface area contributed by atoms with E-state index in [9.17, 15) is 4.79 Å². The average molecular weight is 408 g/mol. The lowest BCUT2D eigenvalue weighted by atomic mass is 9.76. The van der Waals surface area contributed by atoms with E-state index >= 15 is 0 Å². The molecule has 4 heteroatoms. The number of ether oxygens (including phenoxy) is 1. The summed E-state index contributed by atoms with van der Waals surface area (Å²) in [6.07, 6.45) is 11.2. The third-order valence-electron chi connectivity index (χ3n) is 6.65. The third kappa shape index (κ3) is 3.69. The topological polar surface area (TPSA) is 38.3 Å². The first kappa shape index (κ1) is 18.7. The minimum atomic E-state index is -0.182. The molecule has 0 radical (unpaired) electrons. The number of benzene rings is 2. The van der Waals surface area contributed by atoms with Crippen LogP contribution in [0, 0.1) is 5.92 Å². The van der Waals surface area contributed by atoms with E-state index in [1.165, 1.54) is 17.5 Å². The van der Waals surface area contributed by atoms with Crippen LogP contribution in [0.2, 0.25) is 5.02 Å². The molecule has 0 unspecified atom stereocenters. The molecule has 0 spiro atoms. The Balaban J connectivity index is 1.41. The Labute approximate surface area is 177 Å². The molecule has 150 valence electrons. The number of esters is 1. The molecule has 1 N–H and O–H groups in total. The van der Waals surface area contributed by atoms with Crippen LogP contribution in [0.5, 0.6) is 0 Å². The lowest BCUT2D eigenvalue weighted by Crippen LogP contribution is -2.29.